The first-order valence-electron chi connectivity index (χ1n) is 29.4. The molecule has 0 saturated carbocycles. The molecule has 408 valence electrons. The molecule has 2 aliphatic heterocycles. The Balaban J connectivity index is 0.720. The number of allylic oxidation sites excluding steroid dienone is 4. The van der Waals surface area contributed by atoms with Gasteiger partial charge in [-0.3, -0.25) is 0 Å². The summed E-state index contributed by atoms with van der Waals surface area (Å²) in [5.74, 6) is 1.61. The van der Waals surface area contributed by atoms with Crippen LogP contribution in [0.1, 0.15) is 23.0 Å². The smallest absolute Gasteiger partial charge is 0.227 e. The minimum Gasteiger partial charge on any atom is -0.436 e. The van der Waals surface area contributed by atoms with E-state index in [4.69, 9.17) is 18.8 Å². The summed E-state index contributed by atoms with van der Waals surface area (Å²) in [5.41, 5.74) is 21.1. The molecule has 8 heteroatoms. The standard InChI is InChI=1S/C78H54N6O2/c1-3-15-57(16-4-1)83-71-23-11-7-19-65(71)67-49-63(43-45-73(67)83)81(60-38-31-52(32-39-60)77-79-69-21-9-13-25-75(69)85-77)59-36-29-51(30-37-59)54-27-28-56-48-62(42-35-55(56)47-54)82(61-40-33-53(34-41-61)78-80-70-22-10-14-26-76(70)86-78)64-44-46-74-68(50-64)66-20-8-12-24-72(66)84(74)58-17-5-2-6-18-58/h1-50,65-66,71-72H. The highest BCUT2D eigenvalue weighted by atomic mass is 16.4. The monoisotopic (exact) mass is 1110 g/mol. The predicted octanol–water partition coefficient (Wildman–Crippen LogP) is 20.5. The third-order valence-electron chi connectivity index (χ3n) is 17.5. The lowest BCUT2D eigenvalue weighted by Gasteiger charge is -2.28. The van der Waals surface area contributed by atoms with E-state index in [0.29, 0.717) is 11.8 Å². The van der Waals surface area contributed by atoms with Gasteiger partial charge in [-0.25, -0.2) is 9.97 Å². The molecule has 4 aliphatic rings. The molecule has 2 aliphatic carbocycles. The quantitative estimate of drug-likeness (QED) is 0.127. The maximum Gasteiger partial charge on any atom is 0.227 e. The maximum atomic E-state index is 6.23. The Morgan fingerprint density at radius 1 is 0.314 bits per heavy atom. The zero-order valence-electron chi connectivity index (χ0n) is 46.7. The molecule has 0 spiro atoms. The summed E-state index contributed by atoms with van der Waals surface area (Å²) in [6.45, 7) is 0. The molecule has 4 unspecified atom stereocenters. The van der Waals surface area contributed by atoms with Crippen molar-refractivity contribution in [3.8, 4) is 34.0 Å². The van der Waals surface area contributed by atoms with Crippen LogP contribution in [0, 0.1) is 0 Å². The molecule has 0 amide bonds. The molecule has 0 radical (unpaired) electrons. The molecular weight excluding hydrogens is 1050 g/mol. The first kappa shape index (κ1) is 49.4. The zero-order chi connectivity index (χ0) is 56.7. The van der Waals surface area contributed by atoms with Crippen LogP contribution in [0.5, 0.6) is 0 Å². The van der Waals surface area contributed by atoms with Gasteiger partial charge in [-0.15, -0.1) is 0 Å². The van der Waals surface area contributed by atoms with Crippen molar-refractivity contribution < 1.29 is 8.83 Å². The fraction of sp³-hybridized carbons (Fsp3) is 0.0513. The molecule has 11 aromatic carbocycles. The van der Waals surface area contributed by atoms with Crippen molar-refractivity contribution >= 4 is 89.8 Å². The van der Waals surface area contributed by atoms with Gasteiger partial charge in [-0.05, 0) is 197 Å². The van der Waals surface area contributed by atoms with Crippen LogP contribution in [-0.2, 0) is 0 Å². The molecule has 17 rings (SSSR count). The minimum absolute atomic E-state index is 0.184. The van der Waals surface area contributed by atoms with Crippen molar-refractivity contribution in [2.75, 3.05) is 19.6 Å². The molecule has 2 aromatic heterocycles. The summed E-state index contributed by atoms with van der Waals surface area (Å²) < 4.78 is 12.4. The Morgan fingerprint density at radius 2 is 0.698 bits per heavy atom. The number of rotatable bonds is 11. The van der Waals surface area contributed by atoms with E-state index < -0.39 is 0 Å². The number of nitrogens with zero attached hydrogens (tertiary/aromatic N) is 6. The number of fused-ring (bicyclic) bond motifs is 9. The normalized spacial score (nSPS) is 17.1. The summed E-state index contributed by atoms with van der Waals surface area (Å²) in [6.07, 6.45) is 18.1. The molecule has 0 fully saturated rings. The highest BCUT2D eigenvalue weighted by Gasteiger charge is 2.39. The zero-order valence-corrected chi connectivity index (χ0v) is 46.7. The van der Waals surface area contributed by atoms with Crippen molar-refractivity contribution in [2.45, 2.75) is 23.9 Å². The van der Waals surface area contributed by atoms with Gasteiger partial charge < -0.3 is 28.4 Å². The van der Waals surface area contributed by atoms with Gasteiger partial charge in [0, 0.05) is 79.8 Å². The Kier molecular flexibility index (Phi) is 11.7. The van der Waals surface area contributed by atoms with E-state index in [1.54, 1.807) is 0 Å². The van der Waals surface area contributed by atoms with Gasteiger partial charge in [-0.1, -0.05) is 140 Å². The molecule has 13 aromatic rings. The van der Waals surface area contributed by atoms with Crippen molar-refractivity contribution in [1.82, 2.24) is 9.97 Å². The van der Waals surface area contributed by atoms with Gasteiger partial charge in [0.25, 0.3) is 0 Å². The van der Waals surface area contributed by atoms with Gasteiger partial charge in [0.15, 0.2) is 11.2 Å². The van der Waals surface area contributed by atoms with E-state index in [-0.39, 0.29) is 23.9 Å². The van der Waals surface area contributed by atoms with Crippen LogP contribution in [0.3, 0.4) is 0 Å². The molecule has 0 bridgehead atoms. The van der Waals surface area contributed by atoms with E-state index in [2.05, 4.69) is 274 Å². The molecule has 0 saturated heterocycles. The van der Waals surface area contributed by atoms with Crippen molar-refractivity contribution in [3.05, 3.63) is 315 Å². The molecule has 86 heavy (non-hydrogen) atoms. The van der Waals surface area contributed by atoms with Crippen LogP contribution < -0.4 is 19.6 Å². The lowest BCUT2D eigenvalue weighted by atomic mass is 9.91. The fourth-order valence-corrected chi connectivity index (χ4v) is 13.5. The number of hydrogen-bond acceptors (Lipinski definition) is 8. The third-order valence-corrected chi connectivity index (χ3v) is 17.5. The second-order valence-corrected chi connectivity index (χ2v) is 22.5. The molecule has 4 atom stereocenters. The SMILES string of the molecule is C1=CC2c3cc(N(c4ccc(-c5ccc6cc(N(c7ccc(-c8nc9ccccc9o8)cc7)c7ccc8c(c7)C7C=CC=CC7N8c7ccccc7)ccc6c5)cc4)c4ccc(-c5nc6ccccc6o5)cc4)ccc3N(c3ccccc3)C2C=C1. The third kappa shape index (κ3) is 8.44. The summed E-state index contributed by atoms with van der Waals surface area (Å²) in [4.78, 5) is 19.3. The van der Waals surface area contributed by atoms with Gasteiger partial charge in [-0.2, -0.15) is 0 Å². The largest absolute Gasteiger partial charge is 0.436 e. The highest BCUT2D eigenvalue weighted by Crippen LogP contribution is 2.52. The van der Waals surface area contributed by atoms with Crippen LogP contribution >= 0.6 is 0 Å². The lowest BCUT2D eigenvalue weighted by molar-refractivity contribution is 0.619. The van der Waals surface area contributed by atoms with Crippen LogP contribution in [0.2, 0.25) is 0 Å². The van der Waals surface area contributed by atoms with Crippen molar-refractivity contribution in [2.24, 2.45) is 0 Å². The second kappa shape index (κ2) is 20.3. The predicted molar refractivity (Wildman–Crippen MR) is 352 cm³/mol. The van der Waals surface area contributed by atoms with Crippen molar-refractivity contribution in [1.29, 1.82) is 0 Å². The summed E-state index contributed by atoms with van der Waals surface area (Å²) in [5, 5.41) is 2.30. The number of aromatic nitrogens is 2. The first-order valence-corrected chi connectivity index (χ1v) is 29.4. The van der Waals surface area contributed by atoms with E-state index in [1.807, 2.05) is 48.5 Å². The maximum absolute atomic E-state index is 6.23. The van der Waals surface area contributed by atoms with Crippen molar-refractivity contribution in [3.63, 3.8) is 0 Å². The van der Waals surface area contributed by atoms with Crippen LogP contribution in [0.4, 0.5) is 56.9 Å². The minimum atomic E-state index is 0.184. The van der Waals surface area contributed by atoms with E-state index in [1.165, 1.54) is 33.9 Å². The molecular formula is C78H54N6O2. The van der Waals surface area contributed by atoms with E-state index in [0.717, 1.165) is 89.4 Å². The summed E-state index contributed by atoms with van der Waals surface area (Å²) in [6, 6.07) is 91.4. The Bertz CT molecular complexity index is 4800. The molecule has 8 nitrogen and oxygen atoms in total. The molecule has 4 heterocycles. The Morgan fingerprint density at radius 3 is 1.20 bits per heavy atom. The van der Waals surface area contributed by atoms with Gasteiger partial charge in [0.2, 0.25) is 11.8 Å². The average molecular weight is 1110 g/mol. The van der Waals surface area contributed by atoms with E-state index in [9.17, 15) is 0 Å². The number of oxazole rings is 2. The fourth-order valence-electron chi connectivity index (χ4n) is 13.5. The summed E-state index contributed by atoms with van der Waals surface area (Å²) in [7, 11) is 0. The van der Waals surface area contributed by atoms with Gasteiger partial charge in [0.05, 0.1) is 12.1 Å². The van der Waals surface area contributed by atoms with Gasteiger partial charge >= 0.3 is 0 Å². The number of anilines is 10. The number of hydrogen-bond donors (Lipinski definition) is 0. The van der Waals surface area contributed by atoms with Gasteiger partial charge in [0.1, 0.15) is 11.0 Å². The number of para-hydroxylation sites is 6. The number of benzene rings is 11. The average Bonchev–Trinajstić information content (AvgIpc) is 2.58. The molecule has 0 N–H and O–H groups in total. The first-order chi connectivity index (χ1) is 42.6. The van der Waals surface area contributed by atoms with Crippen LogP contribution in [0.15, 0.2) is 312 Å². The van der Waals surface area contributed by atoms with Crippen LogP contribution in [0.25, 0.3) is 67.0 Å². The van der Waals surface area contributed by atoms with Crippen LogP contribution in [-0.4, -0.2) is 22.1 Å². The lowest BCUT2D eigenvalue weighted by Crippen LogP contribution is -2.28. The second-order valence-electron chi connectivity index (χ2n) is 22.5. The Labute approximate surface area is 498 Å². The summed E-state index contributed by atoms with van der Waals surface area (Å²) >= 11 is 0. The Hall–Kier alpha value is -11.2. The highest BCUT2D eigenvalue weighted by molar-refractivity contribution is 5.94. The van der Waals surface area contributed by atoms with E-state index >= 15 is 0 Å². The topological polar surface area (TPSA) is 65.0 Å².